The van der Waals surface area contributed by atoms with Gasteiger partial charge in [0.25, 0.3) is 17.3 Å². The fourth-order valence-corrected chi connectivity index (χ4v) is 7.03. The molecule has 0 radical (unpaired) electrons. The first kappa shape index (κ1) is 35.5. The van der Waals surface area contributed by atoms with E-state index in [1.165, 1.54) is 16.7 Å². The third-order valence-corrected chi connectivity index (χ3v) is 9.89. The van der Waals surface area contributed by atoms with Crippen molar-refractivity contribution in [3.8, 4) is 22.6 Å². The number of unbranched alkanes of at least 4 members (excludes halogenated alkanes) is 1. The lowest BCUT2D eigenvalue weighted by molar-refractivity contribution is -0.159. The quantitative estimate of drug-likeness (QED) is 0.231. The molecule has 2 aromatic heterocycles. The van der Waals surface area contributed by atoms with Crippen molar-refractivity contribution in [2.24, 2.45) is 5.92 Å². The van der Waals surface area contributed by atoms with Gasteiger partial charge < -0.3 is 24.7 Å². The molecule has 0 saturated carbocycles. The zero-order chi connectivity index (χ0) is 34.8. The van der Waals surface area contributed by atoms with E-state index in [4.69, 9.17) is 9.47 Å². The Morgan fingerprint density at radius 2 is 1.83 bits per heavy atom. The number of aromatic amines is 1. The summed E-state index contributed by atoms with van der Waals surface area (Å²) in [5.74, 6) is -0.375. The Bertz CT molecular complexity index is 1690. The van der Waals surface area contributed by atoms with Crippen molar-refractivity contribution in [3.63, 3.8) is 0 Å². The van der Waals surface area contributed by atoms with Crippen molar-refractivity contribution < 1.29 is 27.4 Å². The van der Waals surface area contributed by atoms with E-state index in [0.29, 0.717) is 58.1 Å². The number of carbonyl (C=O) groups excluding carboxylic acids is 1. The molecule has 14 heteroatoms. The molecule has 3 aromatic rings. The van der Waals surface area contributed by atoms with Crippen LogP contribution in [0.15, 0.2) is 34.2 Å². The topological polar surface area (TPSA) is 113 Å². The van der Waals surface area contributed by atoms with E-state index in [2.05, 4.69) is 27.2 Å². The number of pyridine rings is 1. The number of aromatic nitrogens is 3. The monoisotopic (exact) mass is 688 g/mol. The number of alkyl halides is 3. The number of nitrogens with zero attached hydrogens (tertiary/aromatic N) is 4. The predicted octanol–water partition coefficient (Wildman–Crippen LogP) is 6.10. The number of carbonyl (C=O) groups is 1. The molecule has 1 atom stereocenters. The molecule has 0 bridgehead atoms. The summed E-state index contributed by atoms with van der Waals surface area (Å²) in [7, 11) is 1.93. The van der Waals surface area contributed by atoms with Crippen molar-refractivity contribution >= 4 is 23.6 Å². The van der Waals surface area contributed by atoms with E-state index in [-0.39, 0.29) is 31.1 Å². The minimum absolute atomic E-state index is 0.0178. The van der Waals surface area contributed by atoms with Gasteiger partial charge in [-0.05, 0) is 64.6 Å². The first-order valence-electron chi connectivity index (χ1n) is 16.2. The summed E-state index contributed by atoms with van der Waals surface area (Å²) in [5, 5.41) is 2.91. The van der Waals surface area contributed by atoms with Crippen molar-refractivity contribution in [2.45, 2.75) is 76.8 Å². The number of piperidine rings is 1. The van der Waals surface area contributed by atoms with Crippen LogP contribution in [0, 0.1) is 19.8 Å². The first-order valence-corrected chi connectivity index (χ1v) is 17.4. The Balaban J connectivity index is 1.47. The van der Waals surface area contributed by atoms with Gasteiger partial charge in [-0.15, -0.1) is 11.8 Å². The second-order valence-electron chi connectivity index (χ2n) is 12.7. The second-order valence-corrected chi connectivity index (χ2v) is 13.5. The number of hydrogen-bond donors (Lipinski definition) is 2. The zero-order valence-corrected chi connectivity index (χ0v) is 29.0. The molecule has 1 saturated heterocycles. The minimum atomic E-state index is -4.26. The van der Waals surface area contributed by atoms with Crippen molar-refractivity contribution in [3.05, 3.63) is 57.3 Å². The van der Waals surface area contributed by atoms with E-state index in [1.807, 2.05) is 24.3 Å². The maximum Gasteiger partial charge on any atom is 0.401 e. The summed E-state index contributed by atoms with van der Waals surface area (Å²) in [6, 6.07) is 3.59. The SMILES string of the molecule is CCCCN(C)c1ncc(-c2cc(C(=O)NCc3c(SC)cc(C)[nH]c3=O)c(C)c3c2OC(C)(C2CCN(CC(F)(F)F)CC2)O3)cn1. The molecule has 260 valence electrons. The van der Waals surface area contributed by atoms with Gasteiger partial charge >= 0.3 is 6.18 Å². The molecule has 0 aliphatic carbocycles. The highest BCUT2D eigenvalue weighted by Crippen LogP contribution is 2.52. The third-order valence-electron chi connectivity index (χ3n) is 9.08. The van der Waals surface area contributed by atoms with Gasteiger partial charge in [-0.2, -0.15) is 13.2 Å². The van der Waals surface area contributed by atoms with E-state index in [0.717, 1.165) is 30.0 Å². The van der Waals surface area contributed by atoms with Gasteiger partial charge in [0.15, 0.2) is 11.5 Å². The maximum absolute atomic E-state index is 13.8. The molecule has 2 aliphatic heterocycles. The average Bonchev–Trinajstić information content (AvgIpc) is 3.41. The molecular weight excluding hydrogens is 645 g/mol. The number of thioether (sulfide) groups is 1. The van der Waals surface area contributed by atoms with Gasteiger partial charge in [0.1, 0.15) is 0 Å². The van der Waals surface area contributed by atoms with E-state index >= 15 is 0 Å². The van der Waals surface area contributed by atoms with Crippen LogP contribution in [-0.4, -0.2) is 77.2 Å². The summed E-state index contributed by atoms with van der Waals surface area (Å²) in [5.41, 5.74) is 2.97. The molecule has 1 aromatic carbocycles. The Kier molecular flexibility index (Phi) is 10.6. The molecule has 2 aliphatic rings. The number of aryl methyl sites for hydroxylation is 1. The summed E-state index contributed by atoms with van der Waals surface area (Å²) in [6.07, 6.45) is 3.92. The number of likely N-dealkylation sites (tertiary alicyclic amines) is 1. The molecule has 1 unspecified atom stereocenters. The van der Waals surface area contributed by atoms with Crippen LogP contribution in [0.4, 0.5) is 19.1 Å². The number of H-pyrrole nitrogens is 1. The van der Waals surface area contributed by atoms with Crippen molar-refractivity contribution in [2.75, 3.05) is 44.4 Å². The molecule has 0 spiro atoms. The zero-order valence-electron chi connectivity index (χ0n) is 28.2. The molecule has 1 amide bonds. The lowest BCUT2D eigenvalue weighted by Gasteiger charge is -2.39. The fourth-order valence-electron chi connectivity index (χ4n) is 6.32. The second kappa shape index (κ2) is 14.4. The predicted molar refractivity (Wildman–Crippen MR) is 180 cm³/mol. The normalized spacial score (nSPS) is 18.3. The van der Waals surface area contributed by atoms with Crippen LogP contribution in [0.5, 0.6) is 11.5 Å². The van der Waals surface area contributed by atoms with Gasteiger partial charge in [0.05, 0.1) is 6.54 Å². The Morgan fingerprint density at radius 1 is 1.17 bits per heavy atom. The van der Waals surface area contributed by atoms with Gasteiger partial charge in [-0.3, -0.25) is 14.5 Å². The molecule has 48 heavy (non-hydrogen) atoms. The molecule has 2 N–H and O–H groups in total. The Labute approximate surface area is 282 Å². The first-order chi connectivity index (χ1) is 22.7. The molecule has 1 fully saturated rings. The number of amides is 1. The number of ether oxygens (including phenoxy) is 2. The summed E-state index contributed by atoms with van der Waals surface area (Å²) >= 11 is 1.43. The van der Waals surface area contributed by atoms with Gasteiger partial charge in [-0.25, -0.2) is 9.97 Å². The van der Waals surface area contributed by atoms with E-state index in [1.54, 1.807) is 39.2 Å². The lowest BCUT2D eigenvalue weighted by atomic mass is 9.89. The molecule has 10 nitrogen and oxygen atoms in total. The van der Waals surface area contributed by atoms with E-state index < -0.39 is 24.4 Å². The number of benzene rings is 1. The average molecular weight is 689 g/mol. The highest BCUT2D eigenvalue weighted by molar-refractivity contribution is 7.98. The highest BCUT2D eigenvalue weighted by Gasteiger charge is 2.48. The largest absolute Gasteiger partial charge is 0.448 e. The number of halogens is 3. The molecular formula is C34H43F3N6O4S. The van der Waals surface area contributed by atoms with Crippen LogP contribution < -0.4 is 25.2 Å². The van der Waals surface area contributed by atoms with Crippen LogP contribution in [-0.2, 0) is 6.54 Å². The van der Waals surface area contributed by atoms with Crippen LogP contribution >= 0.6 is 11.8 Å². The van der Waals surface area contributed by atoms with Crippen LogP contribution in [0.2, 0.25) is 0 Å². The van der Waals surface area contributed by atoms with Gasteiger partial charge in [0, 0.05) is 83.8 Å². The van der Waals surface area contributed by atoms with Gasteiger partial charge in [0.2, 0.25) is 5.95 Å². The number of nitrogens with one attached hydrogen (secondary N) is 2. The lowest BCUT2D eigenvalue weighted by Crippen LogP contribution is -2.49. The van der Waals surface area contributed by atoms with Crippen molar-refractivity contribution in [1.82, 2.24) is 25.2 Å². The van der Waals surface area contributed by atoms with E-state index in [9.17, 15) is 22.8 Å². The fraction of sp³-hybridized carbons (Fsp3) is 0.529. The van der Waals surface area contributed by atoms with Crippen LogP contribution in [0.25, 0.3) is 11.1 Å². The Hall–Kier alpha value is -3.78. The minimum Gasteiger partial charge on any atom is -0.448 e. The third kappa shape index (κ3) is 7.75. The summed E-state index contributed by atoms with van der Waals surface area (Å²) < 4.78 is 52.2. The summed E-state index contributed by atoms with van der Waals surface area (Å²) in [4.78, 5) is 42.7. The number of rotatable bonds is 11. The van der Waals surface area contributed by atoms with Crippen LogP contribution in [0.1, 0.15) is 66.7 Å². The summed E-state index contributed by atoms with van der Waals surface area (Å²) in [6.45, 7) is 7.90. The van der Waals surface area contributed by atoms with Gasteiger partial charge in [-0.1, -0.05) is 13.3 Å². The number of fused-ring (bicyclic) bond motifs is 1. The smallest absolute Gasteiger partial charge is 0.401 e. The molecule has 4 heterocycles. The molecule has 5 rings (SSSR count). The van der Waals surface area contributed by atoms with Crippen molar-refractivity contribution in [1.29, 1.82) is 0 Å². The number of anilines is 1. The van der Waals surface area contributed by atoms with Crippen LogP contribution in [0.3, 0.4) is 0 Å². The highest BCUT2D eigenvalue weighted by atomic mass is 32.2. The number of hydrogen-bond acceptors (Lipinski definition) is 9. The standard InChI is InChI=1S/C34H43F3N6O4S/c1-7-8-11-42(5)32-39-16-22(17-40-32)25-15-24(30(44)38-18-26-27(48-6)14-20(2)41-31(26)45)21(3)28-29(25)47-33(4,46-28)23-9-12-43(13-10-23)19-34(35,36)37/h14-17,23H,7-13,18-19H2,1-6H3,(H,38,44)(H,41,45). The maximum atomic E-state index is 13.8. The Morgan fingerprint density at radius 3 is 2.46 bits per heavy atom.